The molecule has 0 aromatic heterocycles. The molecule has 146 valence electrons. The van der Waals surface area contributed by atoms with E-state index in [0.717, 1.165) is 14.8 Å². The van der Waals surface area contributed by atoms with Gasteiger partial charge in [0.25, 0.3) is 0 Å². The van der Waals surface area contributed by atoms with Crippen molar-refractivity contribution in [3.05, 3.63) is 54.1 Å². The third kappa shape index (κ3) is 5.24. The Kier molecular flexibility index (Phi) is 7.29. The van der Waals surface area contributed by atoms with Crippen molar-refractivity contribution < 1.29 is 17.9 Å². The molecule has 8 heteroatoms. The fraction of sp³-hybridized carbons (Fsp3) is 0.316. The minimum absolute atomic E-state index is 0.161. The number of para-hydroxylation sites is 1. The molecule has 0 radical (unpaired) electrons. The van der Waals surface area contributed by atoms with Gasteiger partial charge in [-0.15, -0.1) is 11.8 Å². The molecule has 0 heterocycles. The van der Waals surface area contributed by atoms with Gasteiger partial charge in [-0.1, -0.05) is 18.2 Å². The van der Waals surface area contributed by atoms with E-state index in [-0.39, 0.29) is 23.4 Å². The van der Waals surface area contributed by atoms with E-state index in [2.05, 4.69) is 5.32 Å². The Hall–Kier alpha value is -2.03. The van der Waals surface area contributed by atoms with Crippen LogP contribution >= 0.6 is 11.8 Å². The van der Waals surface area contributed by atoms with Crippen LogP contribution < -0.4 is 10.1 Å². The number of hydrogen-bond donors (Lipinski definition) is 1. The lowest BCUT2D eigenvalue weighted by atomic mass is 10.1. The van der Waals surface area contributed by atoms with E-state index in [0.29, 0.717) is 5.75 Å². The second kappa shape index (κ2) is 9.25. The van der Waals surface area contributed by atoms with Crippen molar-refractivity contribution in [3.8, 4) is 5.75 Å². The SMILES string of the molecule is COc1ccccc1C(C)NC(=O)CN(C)S(=O)(=O)c1ccc(SC)cc1. The minimum Gasteiger partial charge on any atom is -0.496 e. The van der Waals surface area contributed by atoms with Gasteiger partial charge < -0.3 is 10.1 Å². The molecule has 0 fully saturated rings. The quantitative estimate of drug-likeness (QED) is 0.680. The first-order valence-electron chi connectivity index (χ1n) is 8.32. The second-order valence-corrected chi connectivity index (χ2v) is 8.89. The largest absolute Gasteiger partial charge is 0.496 e. The average molecular weight is 409 g/mol. The van der Waals surface area contributed by atoms with Crippen LogP contribution in [0.4, 0.5) is 0 Å². The number of nitrogens with one attached hydrogen (secondary N) is 1. The molecule has 1 atom stereocenters. The highest BCUT2D eigenvalue weighted by Crippen LogP contribution is 2.24. The Morgan fingerprint density at radius 1 is 1.19 bits per heavy atom. The summed E-state index contributed by atoms with van der Waals surface area (Å²) < 4.78 is 31.6. The van der Waals surface area contributed by atoms with Crippen LogP contribution in [0.25, 0.3) is 0 Å². The fourth-order valence-corrected chi connectivity index (χ4v) is 4.14. The van der Waals surface area contributed by atoms with Crippen molar-refractivity contribution in [1.82, 2.24) is 9.62 Å². The van der Waals surface area contributed by atoms with E-state index in [1.54, 1.807) is 31.4 Å². The summed E-state index contributed by atoms with van der Waals surface area (Å²) in [5.74, 6) is 0.278. The van der Waals surface area contributed by atoms with Gasteiger partial charge in [0, 0.05) is 17.5 Å². The van der Waals surface area contributed by atoms with Gasteiger partial charge in [0.15, 0.2) is 0 Å². The van der Waals surface area contributed by atoms with Crippen LogP contribution in [-0.2, 0) is 14.8 Å². The van der Waals surface area contributed by atoms with Crippen LogP contribution in [-0.4, -0.2) is 45.6 Å². The number of methoxy groups -OCH3 is 1. The van der Waals surface area contributed by atoms with Gasteiger partial charge >= 0.3 is 0 Å². The van der Waals surface area contributed by atoms with E-state index >= 15 is 0 Å². The topological polar surface area (TPSA) is 75.7 Å². The Labute approximate surface area is 165 Å². The van der Waals surface area contributed by atoms with Crippen molar-refractivity contribution in [2.24, 2.45) is 0 Å². The first-order chi connectivity index (χ1) is 12.8. The van der Waals surface area contributed by atoms with Crippen LogP contribution in [0.3, 0.4) is 0 Å². The summed E-state index contributed by atoms with van der Waals surface area (Å²) in [5.41, 5.74) is 0.825. The minimum atomic E-state index is -3.73. The molecule has 2 aromatic rings. The van der Waals surface area contributed by atoms with Crippen molar-refractivity contribution in [2.75, 3.05) is 27.0 Å². The van der Waals surface area contributed by atoms with E-state index < -0.39 is 10.0 Å². The van der Waals surface area contributed by atoms with Gasteiger partial charge in [-0.2, -0.15) is 4.31 Å². The molecule has 0 aliphatic carbocycles. The van der Waals surface area contributed by atoms with Gasteiger partial charge in [0.2, 0.25) is 15.9 Å². The molecular weight excluding hydrogens is 384 g/mol. The molecule has 0 aliphatic heterocycles. The molecule has 1 unspecified atom stereocenters. The molecular formula is C19H24N2O4S2. The smallest absolute Gasteiger partial charge is 0.243 e. The van der Waals surface area contributed by atoms with Gasteiger partial charge in [0.1, 0.15) is 5.75 Å². The molecule has 6 nitrogen and oxygen atoms in total. The predicted molar refractivity (Wildman–Crippen MR) is 108 cm³/mol. The third-order valence-corrected chi connectivity index (χ3v) is 6.68. The van der Waals surface area contributed by atoms with Crippen LogP contribution in [0.15, 0.2) is 58.3 Å². The molecule has 2 aromatic carbocycles. The summed E-state index contributed by atoms with van der Waals surface area (Å²) in [5, 5.41) is 2.82. The Morgan fingerprint density at radius 3 is 2.41 bits per heavy atom. The Bertz CT molecular complexity index is 883. The molecule has 0 spiro atoms. The number of likely N-dealkylation sites (N-methyl/N-ethyl adjacent to an activating group) is 1. The summed E-state index contributed by atoms with van der Waals surface area (Å²) in [6.45, 7) is 1.55. The molecule has 1 N–H and O–H groups in total. The zero-order valence-electron chi connectivity index (χ0n) is 15.8. The number of carbonyl (C=O) groups excluding carboxylic acids is 1. The van der Waals surface area contributed by atoms with Crippen molar-refractivity contribution in [2.45, 2.75) is 22.8 Å². The molecule has 0 saturated carbocycles. The molecule has 0 saturated heterocycles. The lowest BCUT2D eigenvalue weighted by Crippen LogP contribution is -2.39. The summed E-state index contributed by atoms with van der Waals surface area (Å²) in [7, 11) is -0.774. The zero-order valence-corrected chi connectivity index (χ0v) is 17.4. The predicted octanol–water partition coefficient (Wildman–Crippen LogP) is 2.92. The highest BCUT2D eigenvalue weighted by molar-refractivity contribution is 7.98. The van der Waals surface area contributed by atoms with Crippen LogP contribution in [0.2, 0.25) is 0 Å². The zero-order chi connectivity index (χ0) is 20.0. The molecule has 27 heavy (non-hydrogen) atoms. The Morgan fingerprint density at radius 2 is 1.81 bits per heavy atom. The highest BCUT2D eigenvalue weighted by Gasteiger charge is 2.24. The van der Waals surface area contributed by atoms with Gasteiger partial charge in [-0.25, -0.2) is 8.42 Å². The van der Waals surface area contributed by atoms with Crippen molar-refractivity contribution >= 4 is 27.7 Å². The maximum absolute atomic E-state index is 12.6. The maximum Gasteiger partial charge on any atom is 0.243 e. The van der Waals surface area contributed by atoms with Gasteiger partial charge in [-0.3, -0.25) is 4.79 Å². The van der Waals surface area contributed by atoms with E-state index in [4.69, 9.17) is 4.74 Å². The summed E-state index contributed by atoms with van der Waals surface area (Å²) in [6, 6.07) is 13.6. The van der Waals surface area contributed by atoms with Gasteiger partial charge in [0.05, 0.1) is 24.6 Å². The number of ether oxygens (including phenoxy) is 1. The Balaban J connectivity index is 2.05. The third-order valence-electron chi connectivity index (χ3n) is 4.12. The number of nitrogens with zero attached hydrogens (tertiary/aromatic N) is 1. The lowest BCUT2D eigenvalue weighted by molar-refractivity contribution is -0.121. The van der Waals surface area contributed by atoms with Crippen LogP contribution in [0.1, 0.15) is 18.5 Å². The summed E-state index contributed by atoms with van der Waals surface area (Å²) in [4.78, 5) is 13.5. The molecule has 0 aliphatic rings. The standard InChI is InChI=1S/C19H24N2O4S2/c1-14(17-7-5-6-8-18(17)25-3)20-19(22)13-21(2)27(23,24)16-11-9-15(26-4)10-12-16/h5-12,14H,13H2,1-4H3,(H,20,22). The number of carbonyl (C=O) groups is 1. The fourth-order valence-electron chi connectivity index (χ4n) is 2.60. The number of thioether (sulfide) groups is 1. The molecule has 0 bridgehead atoms. The lowest BCUT2D eigenvalue weighted by Gasteiger charge is -2.20. The highest BCUT2D eigenvalue weighted by atomic mass is 32.2. The molecule has 1 amide bonds. The normalized spacial score (nSPS) is 12.6. The van der Waals surface area contributed by atoms with Crippen LogP contribution in [0, 0.1) is 0 Å². The summed E-state index contributed by atoms with van der Waals surface area (Å²) in [6.07, 6.45) is 1.92. The number of rotatable bonds is 8. The van der Waals surface area contributed by atoms with Gasteiger partial charge in [-0.05, 0) is 43.5 Å². The van der Waals surface area contributed by atoms with Crippen LogP contribution in [0.5, 0.6) is 5.75 Å². The summed E-state index contributed by atoms with van der Waals surface area (Å²) >= 11 is 1.53. The van der Waals surface area contributed by atoms with Crippen molar-refractivity contribution in [1.29, 1.82) is 0 Å². The van der Waals surface area contributed by atoms with E-state index in [9.17, 15) is 13.2 Å². The molecule has 2 rings (SSSR count). The first-order valence-corrected chi connectivity index (χ1v) is 11.0. The van der Waals surface area contributed by atoms with E-state index in [1.165, 1.54) is 18.8 Å². The first kappa shape index (κ1) is 21.3. The van der Waals surface area contributed by atoms with E-state index in [1.807, 2.05) is 37.4 Å². The number of sulfonamides is 1. The number of benzene rings is 2. The van der Waals surface area contributed by atoms with Crippen molar-refractivity contribution in [3.63, 3.8) is 0 Å². The maximum atomic E-state index is 12.6. The average Bonchev–Trinajstić information content (AvgIpc) is 2.67. The monoisotopic (exact) mass is 408 g/mol. The number of amides is 1. The second-order valence-electron chi connectivity index (χ2n) is 5.97. The number of hydrogen-bond acceptors (Lipinski definition) is 5.